The van der Waals surface area contributed by atoms with Gasteiger partial charge < -0.3 is 0 Å². The molecule has 0 heterocycles. The van der Waals surface area contributed by atoms with Crippen LogP contribution < -0.4 is 10.9 Å². The zero-order chi connectivity index (χ0) is 19.8. The predicted octanol–water partition coefficient (Wildman–Crippen LogP) is 3.48. The lowest BCUT2D eigenvalue weighted by molar-refractivity contribution is -0.129. The minimum absolute atomic E-state index is 0.267. The second-order valence-electron chi connectivity index (χ2n) is 5.11. The molecule has 0 saturated heterocycles. The molecular weight excluding hydrogens is 490 g/mol. The van der Waals surface area contributed by atoms with Gasteiger partial charge in [0.1, 0.15) is 18.1 Å². The zero-order valence-corrected chi connectivity index (χ0v) is 16.7. The van der Waals surface area contributed by atoms with E-state index in [4.69, 9.17) is 0 Å². The molecule has 2 aromatic carbocycles. The van der Waals surface area contributed by atoms with Crippen molar-refractivity contribution < 1.29 is 18.4 Å². The van der Waals surface area contributed by atoms with Crippen LogP contribution in [0.4, 0.5) is 8.78 Å². The summed E-state index contributed by atoms with van der Waals surface area (Å²) in [6, 6.07) is 8.42. The Hall–Kier alpha value is -2.46. The Kier molecular flexibility index (Phi) is 7.74. The number of carbonyl (C=O) groups excluding carboxylic acids is 2. The first-order valence-corrected chi connectivity index (χ1v) is 8.97. The van der Waals surface area contributed by atoms with E-state index in [-0.39, 0.29) is 8.95 Å². The maximum absolute atomic E-state index is 13.1. The molecule has 0 radical (unpaired) electrons. The highest BCUT2D eigenvalue weighted by atomic mass is 79.9. The number of nitrogens with one attached hydrogen (secondary N) is 2. The zero-order valence-electron chi connectivity index (χ0n) is 13.5. The molecule has 6 nitrogen and oxygen atoms in total. The molecule has 0 unspecified atom stereocenters. The highest BCUT2D eigenvalue weighted by Gasteiger charge is 2.07. The molecule has 2 N–H and O–H groups in total. The maximum Gasteiger partial charge on any atom is 0.249 e. The molecule has 0 aliphatic rings. The van der Waals surface area contributed by atoms with Crippen molar-refractivity contribution in [1.82, 2.24) is 10.9 Å². The van der Waals surface area contributed by atoms with E-state index in [2.05, 4.69) is 52.9 Å². The van der Waals surface area contributed by atoms with Crippen molar-refractivity contribution in [1.29, 1.82) is 0 Å². The number of benzene rings is 2. The Balaban J connectivity index is 1.78. The average molecular weight is 502 g/mol. The number of nitrogens with zero attached hydrogens (tertiary/aromatic N) is 2. The van der Waals surface area contributed by atoms with Gasteiger partial charge in [-0.1, -0.05) is 12.1 Å². The van der Waals surface area contributed by atoms with E-state index in [0.29, 0.717) is 11.1 Å². The summed E-state index contributed by atoms with van der Waals surface area (Å²) in [4.78, 5) is 23.3. The van der Waals surface area contributed by atoms with Crippen LogP contribution in [-0.4, -0.2) is 24.2 Å². The van der Waals surface area contributed by atoms with Crippen LogP contribution in [0.25, 0.3) is 0 Å². The molecule has 140 valence electrons. The molecule has 0 bridgehead atoms. The average Bonchev–Trinajstić information content (AvgIpc) is 2.61. The smallest absolute Gasteiger partial charge is 0.249 e. The summed E-state index contributed by atoms with van der Waals surface area (Å²) >= 11 is 6.07. The largest absolute Gasteiger partial charge is 0.273 e. The third-order valence-corrected chi connectivity index (χ3v) is 4.23. The highest BCUT2D eigenvalue weighted by molar-refractivity contribution is 9.10. The standard InChI is InChI=1S/C17H12Br2F2N4O2/c18-12-5-10(1-3-14(12)20)8-22-24-16(26)7-17(27)25-23-9-11-2-4-15(21)13(19)6-11/h1-6,8-9H,7H2,(H,24,26)(H,25,27)/b22-8+,23-9+. The third kappa shape index (κ3) is 6.99. The fourth-order valence-electron chi connectivity index (χ4n) is 1.77. The molecule has 0 atom stereocenters. The number of hydrogen-bond donors (Lipinski definition) is 2. The Labute approximate surface area is 170 Å². The normalized spacial score (nSPS) is 11.1. The van der Waals surface area contributed by atoms with Gasteiger partial charge >= 0.3 is 0 Å². The molecule has 0 aromatic heterocycles. The summed E-state index contributed by atoms with van der Waals surface area (Å²) in [6.07, 6.45) is 2.13. The van der Waals surface area contributed by atoms with E-state index < -0.39 is 29.9 Å². The fraction of sp³-hybridized carbons (Fsp3) is 0.0588. The molecule has 0 aliphatic heterocycles. The van der Waals surface area contributed by atoms with Crippen LogP contribution in [-0.2, 0) is 9.59 Å². The molecule has 0 aliphatic carbocycles. The van der Waals surface area contributed by atoms with E-state index >= 15 is 0 Å². The van der Waals surface area contributed by atoms with Gasteiger partial charge in [0, 0.05) is 0 Å². The topological polar surface area (TPSA) is 82.9 Å². The van der Waals surface area contributed by atoms with E-state index in [1.54, 1.807) is 0 Å². The van der Waals surface area contributed by atoms with E-state index in [0.717, 1.165) is 0 Å². The molecule has 2 aromatic rings. The van der Waals surface area contributed by atoms with Crippen molar-refractivity contribution in [2.45, 2.75) is 6.42 Å². The Morgan fingerprint density at radius 1 is 0.852 bits per heavy atom. The van der Waals surface area contributed by atoms with Gasteiger partial charge in [-0.15, -0.1) is 0 Å². The van der Waals surface area contributed by atoms with Gasteiger partial charge in [-0.2, -0.15) is 10.2 Å². The van der Waals surface area contributed by atoms with Crippen LogP contribution in [0.3, 0.4) is 0 Å². The van der Waals surface area contributed by atoms with Crippen molar-refractivity contribution in [2.24, 2.45) is 10.2 Å². The summed E-state index contributed by atoms with van der Waals surface area (Å²) in [7, 11) is 0. The van der Waals surface area contributed by atoms with E-state index in [1.807, 2.05) is 0 Å². The molecule has 0 saturated carbocycles. The first-order chi connectivity index (χ1) is 12.8. The lowest BCUT2D eigenvalue weighted by atomic mass is 10.2. The lowest BCUT2D eigenvalue weighted by Crippen LogP contribution is -2.27. The molecule has 0 fully saturated rings. The van der Waals surface area contributed by atoms with Crippen LogP contribution in [0.2, 0.25) is 0 Å². The van der Waals surface area contributed by atoms with Crippen molar-refractivity contribution in [3.8, 4) is 0 Å². The second kappa shape index (κ2) is 10.0. The van der Waals surface area contributed by atoms with Gasteiger partial charge in [0.25, 0.3) is 0 Å². The van der Waals surface area contributed by atoms with Gasteiger partial charge in [-0.25, -0.2) is 19.6 Å². The van der Waals surface area contributed by atoms with Crippen LogP contribution in [0.15, 0.2) is 55.5 Å². The van der Waals surface area contributed by atoms with Crippen LogP contribution in [0, 0.1) is 11.6 Å². The minimum atomic E-state index is -0.648. The molecule has 2 amide bonds. The number of amides is 2. The quantitative estimate of drug-likeness (QED) is 0.361. The van der Waals surface area contributed by atoms with E-state index in [9.17, 15) is 18.4 Å². The van der Waals surface area contributed by atoms with Crippen molar-refractivity contribution in [2.75, 3.05) is 0 Å². The van der Waals surface area contributed by atoms with Crippen molar-refractivity contribution in [3.05, 3.63) is 68.1 Å². The van der Waals surface area contributed by atoms with Crippen LogP contribution in [0.1, 0.15) is 17.5 Å². The van der Waals surface area contributed by atoms with Crippen molar-refractivity contribution >= 4 is 56.1 Å². The van der Waals surface area contributed by atoms with Crippen LogP contribution >= 0.6 is 31.9 Å². The van der Waals surface area contributed by atoms with Crippen molar-refractivity contribution in [3.63, 3.8) is 0 Å². The number of hydrazone groups is 2. The molecule has 2 rings (SSSR count). The molecule has 27 heavy (non-hydrogen) atoms. The molecule has 10 heteroatoms. The highest BCUT2D eigenvalue weighted by Crippen LogP contribution is 2.16. The number of rotatable bonds is 6. The third-order valence-electron chi connectivity index (χ3n) is 3.01. The SMILES string of the molecule is O=C(CC(=O)N/N=C/c1ccc(F)c(Br)c1)N/N=C/c1ccc(F)c(Br)c1. The summed E-state index contributed by atoms with van der Waals surface area (Å²) in [5.74, 6) is -2.13. The number of carbonyl (C=O) groups is 2. The van der Waals surface area contributed by atoms with Gasteiger partial charge in [0.2, 0.25) is 11.8 Å². The van der Waals surface area contributed by atoms with Gasteiger partial charge in [-0.3, -0.25) is 9.59 Å². The first-order valence-electron chi connectivity index (χ1n) is 7.39. The number of halogens is 4. The fourth-order valence-corrected chi connectivity index (χ4v) is 2.56. The summed E-state index contributed by atoms with van der Waals surface area (Å²) in [6.45, 7) is 0. The first kappa shape index (κ1) is 20.8. The Morgan fingerprint density at radius 2 is 1.26 bits per heavy atom. The van der Waals surface area contributed by atoms with Gasteiger partial charge in [0.05, 0.1) is 21.4 Å². The Bertz CT molecular complexity index is 846. The predicted molar refractivity (Wildman–Crippen MR) is 104 cm³/mol. The Morgan fingerprint density at radius 3 is 1.63 bits per heavy atom. The van der Waals surface area contributed by atoms with Gasteiger partial charge in [0.15, 0.2) is 0 Å². The number of hydrogen-bond acceptors (Lipinski definition) is 4. The monoisotopic (exact) mass is 500 g/mol. The molecule has 0 spiro atoms. The minimum Gasteiger partial charge on any atom is -0.273 e. The second-order valence-corrected chi connectivity index (χ2v) is 6.82. The van der Waals surface area contributed by atoms with Gasteiger partial charge in [-0.05, 0) is 67.3 Å². The summed E-state index contributed by atoms with van der Waals surface area (Å²) in [5.41, 5.74) is 5.47. The summed E-state index contributed by atoms with van der Waals surface area (Å²) < 4.78 is 26.7. The summed E-state index contributed by atoms with van der Waals surface area (Å²) in [5, 5.41) is 7.37. The lowest BCUT2D eigenvalue weighted by Gasteiger charge is -2.00. The van der Waals surface area contributed by atoms with E-state index in [1.165, 1.54) is 48.8 Å². The van der Waals surface area contributed by atoms with Crippen LogP contribution in [0.5, 0.6) is 0 Å². The molecular formula is C17H12Br2F2N4O2. The maximum atomic E-state index is 13.1.